The molecule has 0 bridgehead atoms. The van der Waals surface area contributed by atoms with Gasteiger partial charge in [0.25, 0.3) is 0 Å². The zero-order valence-electron chi connectivity index (χ0n) is 14.9. The number of nitrogens with one attached hydrogen (secondary N) is 3. The number of carbonyl (C=O) groups is 1. The van der Waals surface area contributed by atoms with Crippen LogP contribution in [0.3, 0.4) is 0 Å². The second-order valence-electron chi connectivity index (χ2n) is 5.99. The van der Waals surface area contributed by atoms with E-state index in [9.17, 15) is 4.79 Å². The Bertz CT molecular complexity index is 360. The smallest absolute Gasteiger partial charge is 0.242 e. The van der Waals surface area contributed by atoms with Crippen molar-refractivity contribution in [3.05, 3.63) is 0 Å². The van der Waals surface area contributed by atoms with E-state index in [1.54, 1.807) is 0 Å². The largest absolute Gasteiger partial charge is 0.378 e. The Kier molecular flexibility index (Phi) is 12.5. The van der Waals surface area contributed by atoms with Crippen LogP contribution < -0.4 is 16.0 Å². The third-order valence-electron chi connectivity index (χ3n) is 3.51. The van der Waals surface area contributed by atoms with Gasteiger partial charge < -0.3 is 20.7 Å². The fourth-order valence-corrected chi connectivity index (χ4v) is 2.15. The predicted molar refractivity (Wildman–Crippen MR) is 105 cm³/mol. The summed E-state index contributed by atoms with van der Waals surface area (Å²) < 4.78 is 5.73. The quantitative estimate of drug-likeness (QED) is 0.276. The van der Waals surface area contributed by atoms with Crippen molar-refractivity contribution in [2.45, 2.75) is 59.1 Å². The maximum Gasteiger partial charge on any atom is 0.242 e. The van der Waals surface area contributed by atoms with E-state index >= 15 is 0 Å². The molecule has 1 rings (SSSR count). The van der Waals surface area contributed by atoms with E-state index in [1.807, 2.05) is 13.8 Å². The standard InChI is InChI=1S/C16H32N4O2.HI/c1-5-17-16(19-11-15(21)20-13-7-8-13)18-10-9-14(12(3)4)22-6-2;/h12-14H,5-11H2,1-4H3,(H,20,21)(H2,17,18,19);1H. The van der Waals surface area contributed by atoms with E-state index in [1.165, 1.54) is 0 Å². The van der Waals surface area contributed by atoms with Gasteiger partial charge in [-0.1, -0.05) is 13.8 Å². The molecule has 1 amide bonds. The van der Waals surface area contributed by atoms with Crippen LogP contribution in [0.25, 0.3) is 0 Å². The van der Waals surface area contributed by atoms with Crippen LogP contribution in [0.1, 0.15) is 47.0 Å². The van der Waals surface area contributed by atoms with Gasteiger partial charge in [0.1, 0.15) is 6.54 Å². The minimum absolute atomic E-state index is 0. The Morgan fingerprint density at radius 2 is 1.96 bits per heavy atom. The normalized spacial score (nSPS) is 15.8. The van der Waals surface area contributed by atoms with Crippen molar-refractivity contribution in [2.75, 3.05) is 26.2 Å². The summed E-state index contributed by atoms with van der Waals surface area (Å²) in [5.74, 6) is 1.17. The van der Waals surface area contributed by atoms with Gasteiger partial charge in [0, 0.05) is 25.7 Å². The van der Waals surface area contributed by atoms with E-state index in [2.05, 4.69) is 34.8 Å². The zero-order valence-corrected chi connectivity index (χ0v) is 17.2. The Morgan fingerprint density at radius 3 is 2.48 bits per heavy atom. The van der Waals surface area contributed by atoms with Gasteiger partial charge in [0.15, 0.2) is 5.96 Å². The van der Waals surface area contributed by atoms with E-state index in [0.29, 0.717) is 17.9 Å². The number of halogens is 1. The topological polar surface area (TPSA) is 74.8 Å². The van der Waals surface area contributed by atoms with Crippen LogP contribution in [0, 0.1) is 5.92 Å². The van der Waals surface area contributed by atoms with Gasteiger partial charge in [0.05, 0.1) is 6.10 Å². The number of hydrogen-bond donors (Lipinski definition) is 3. The van der Waals surface area contributed by atoms with E-state index in [0.717, 1.165) is 39.0 Å². The minimum atomic E-state index is -0.00548. The number of hydrogen-bond acceptors (Lipinski definition) is 3. The molecule has 0 aliphatic heterocycles. The molecule has 7 heteroatoms. The van der Waals surface area contributed by atoms with Crippen molar-refractivity contribution in [3.8, 4) is 0 Å². The third kappa shape index (κ3) is 10.8. The molecule has 3 N–H and O–H groups in total. The molecule has 0 saturated heterocycles. The molecule has 0 aromatic heterocycles. The maximum atomic E-state index is 11.7. The molecule has 0 spiro atoms. The van der Waals surface area contributed by atoms with E-state index in [4.69, 9.17) is 4.74 Å². The molecule has 1 aliphatic rings. The summed E-state index contributed by atoms with van der Waals surface area (Å²) in [6.07, 6.45) is 3.37. The van der Waals surface area contributed by atoms with Crippen molar-refractivity contribution >= 4 is 35.8 Å². The summed E-state index contributed by atoms with van der Waals surface area (Å²) in [4.78, 5) is 16.0. The molecular formula is C16H33IN4O2. The molecule has 1 atom stereocenters. The van der Waals surface area contributed by atoms with Crippen molar-refractivity contribution in [1.29, 1.82) is 0 Å². The Morgan fingerprint density at radius 1 is 1.26 bits per heavy atom. The summed E-state index contributed by atoms with van der Waals surface area (Å²) in [5.41, 5.74) is 0. The summed E-state index contributed by atoms with van der Waals surface area (Å²) in [6.45, 7) is 10.8. The van der Waals surface area contributed by atoms with Crippen molar-refractivity contribution < 1.29 is 9.53 Å². The number of nitrogens with zero attached hydrogens (tertiary/aromatic N) is 1. The van der Waals surface area contributed by atoms with Crippen LogP contribution in [0.2, 0.25) is 0 Å². The minimum Gasteiger partial charge on any atom is -0.378 e. The summed E-state index contributed by atoms with van der Waals surface area (Å²) in [7, 11) is 0. The number of aliphatic imine (C=N–C) groups is 1. The van der Waals surface area contributed by atoms with Crippen LogP contribution in [-0.2, 0) is 9.53 Å². The third-order valence-corrected chi connectivity index (χ3v) is 3.51. The molecule has 6 nitrogen and oxygen atoms in total. The molecule has 1 aliphatic carbocycles. The maximum absolute atomic E-state index is 11.7. The van der Waals surface area contributed by atoms with Gasteiger partial charge in [-0.05, 0) is 39.0 Å². The lowest BCUT2D eigenvalue weighted by molar-refractivity contribution is -0.119. The molecule has 0 aromatic carbocycles. The SMILES string of the molecule is CCNC(=NCC(=O)NC1CC1)NCCC(OCC)C(C)C.I. The predicted octanol–water partition coefficient (Wildman–Crippen LogP) is 1.89. The number of guanidine groups is 1. The van der Waals surface area contributed by atoms with Gasteiger partial charge >= 0.3 is 0 Å². The number of ether oxygens (including phenoxy) is 1. The van der Waals surface area contributed by atoms with E-state index < -0.39 is 0 Å². The lowest BCUT2D eigenvalue weighted by Crippen LogP contribution is -2.40. The van der Waals surface area contributed by atoms with Crippen LogP contribution in [0.15, 0.2) is 4.99 Å². The first-order chi connectivity index (χ1) is 10.6. The molecule has 1 fully saturated rings. The average Bonchev–Trinajstić information content (AvgIpc) is 3.27. The number of carbonyl (C=O) groups excluding carboxylic acids is 1. The summed E-state index contributed by atoms with van der Waals surface area (Å²) in [5, 5.41) is 9.36. The molecule has 0 aromatic rings. The van der Waals surface area contributed by atoms with Crippen LogP contribution >= 0.6 is 24.0 Å². The first-order valence-corrected chi connectivity index (χ1v) is 8.49. The van der Waals surface area contributed by atoms with Gasteiger partial charge in [-0.25, -0.2) is 4.99 Å². The van der Waals surface area contributed by atoms with Gasteiger partial charge in [-0.15, -0.1) is 24.0 Å². The van der Waals surface area contributed by atoms with Crippen molar-refractivity contribution in [2.24, 2.45) is 10.9 Å². The monoisotopic (exact) mass is 440 g/mol. The highest BCUT2D eigenvalue weighted by Gasteiger charge is 2.22. The molecule has 1 unspecified atom stereocenters. The fraction of sp³-hybridized carbons (Fsp3) is 0.875. The van der Waals surface area contributed by atoms with Gasteiger partial charge in [-0.3, -0.25) is 4.79 Å². The summed E-state index contributed by atoms with van der Waals surface area (Å²) >= 11 is 0. The molecular weight excluding hydrogens is 407 g/mol. The van der Waals surface area contributed by atoms with Crippen LogP contribution in [0.4, 0.5) is 0 Å². The Balaban J connectivity index is 0.00000484. The highest BCUT2D eigenvalue weighted by molar-refractivity contribution is 14.0. The van der Waals surface area contributed by atoms with Crippen molar-refractivity contribution in [3.63, 3.8) is 0 Å². The van der Waals surface area contributed by atoms with Crippen LogP contribution in [-0.4, -0.2) is 50.3 Å². The average molecular weight is 440 g/mol. The molecule has 0 radical (unpaired) electrons. The molecule has 23 heavy (non-hydrogen) atoms. The Hall–Kier alpha value is -0.570. The first-order valence-electron chi connectivity index (χ1n) is 8.49. The molecule has 136 valence electrons. The lowest BCUT2D eigenvalue weighted by atomic mass is 10.0. The summed E-state index contributed by atoms with van der Waals surface area (Å²) in [6, 6.07) is 0.385. The molecule has 0 heterocycles. The highest BCUT2D eigenvalue weighted by atomic mass is 127. The number of amides is 1. The lowest BCUT2D eigenvalue weighted by Gasteiger charge is -2.21. The molecule has 1 saturated carbocycles. The zero-order chi connectivity index (χ0) is 16.4. The second kappa shape index (κ2) is 12.8. The second-order valence-corrected chi connectivity index (χ2v) is 5.99. The van der Waals surface area contributed by atoms with Crippen LogP contribution in [0.5, 0.6) is 0 Å². The fourth-order valence-electron chi connectivity index (χ4n) is 2.15. The van der Waals surface area contributed by atoms with Gasteiger partial charge in [-0.2, -0.15) is 0 Å². The Labute approximate surface area is 157 Å². The van der Waals surface area contributed by atoms with Gasteiger partial charge in [0.2, 0.25) is 5.91 Å². The highest BCUT2D eigenvalue weighted by Crippen LogP contribution is 2.18. The van der Waals surface area contributed by atoms with Crippen molar-refractivity contribution in [1.82, 2.24) is 16.0 Å². The first kappa shape index (κ1) is 22.4. The number of rotatable bonds is 10. The van der Waals surface area contributed by atoms with E-state index in [-0.39, 0.29) is 42.5 Å².